The van der Waals surface area contributed by atoms with Crippen LogP contribution in [0.2, 0.25) is 0 Å². The number of hydrogen-bond donors (Lipinski definition) is 1. The van der Waals surface area contributed by atoms with E-state index >= 15 is 0 Å². The van der Waals surface area contributed by atoms with Gasteiger partial charge in [0, 0.05) is 38.3 Å². The van der Waals surface area contributed by atoms with Gasteiger partial charge in [-0.2, -0.15) is 0 Å². The molecule has 0 saturated carbocycles. The zero-order chi connectivity index (χ0) is 12.4. The third kappa shape index (κ3) is 2.21. The van der Waals surface area contributed by atoms with Gasteiger partial charge in [-0.25, -0.2) is 0 Å². The molecule has 1 fully saturated rings. The highest BCUT2D eigenvalue weighted by Gasteiger charge is 2.34. The van der Waals surface area contributed by atoms with Crippen LogP contribution in [0.3, 0.4) is 0 Å². The average Bonchev–Trinajstić information content (AvgIpc) is 2.68. The Hall–Kier alpha value is -1.69. The van der Waals surface area contributed by atoms with E-state index in [-0.39, 0.29) is 5.91 Å². The summed E-state index contributed by atoms with van der Waals surface area (Å²) in [7, 11) is 0. The number of nitrogens with zero attached hydrogens (tertiary/aromatic N) is 2. The van der Waals surface area contributed by atoms with Crippen molar-refractivity contribution >= 4 is 17.7 Å². The van der Waals surface area contributed by atoms with E-state index in [1.807, 2.05) is 0 Å². The topological polar surface area (TPSA) is 69.7 Å². The van der Waals surface area contributed by atoms with Gasteiger partial charge in [-0.1, -0.05) is 0 Å². The van der Waals surface area contributed by atoms with Crippen LogP contribution in [0, 0.1) is 0 Å². The summed E-state index contributed by atoms with van der Waals surface area (Å²) in [6.45, 7) is 4.32. The maximum atomic E-state index is 12.1. The number of rotatable bonds is 2. The molecule has 0 aromatic rings. The molecule has 0 radical (unpaired) electrons. The highest BCUT2D eigenvalue weighted by Crippen LogP contribution is 2.11. The molecule has 0 spiro atoms. The molecular weight excluding hydrogens is 222 g/mol. The van der Waals surface area contributed by atoms with Crippen LogP contribution in [0.25, 0.3) is 0 Å². The lowest BCUT2D eigenvalue weighted by Gasteiger charge is -2.32. The van der Waals surface area contributed by atoms with E-state index in [9.17, 15) is 14.4 Å². The minimum absolute atomic E-state index is 0.170. The molecule has 3 amide bonds. The standard InChI is InChI=1S/C11H15N3O3/c1-8(14-9(15)2-3-10(14)16)11(17)13-6-4-12-5-7-13/h2-3,8,12H,4-7H2,1H3. The maximum absolute atomic E-state index is 12.1. The van der Waals surface area contributed by atoms with E-state index in [0.717, 1.165) is 18.0 Å². The van der Waals surface area contributed by atoms with Gasteiger partial charge in [-0.05, 0) is 6.92 Å². The van der Waals surface area contributed by atoms with Crippen molar-refractivity contribution in [2.24, 2.45) is 0 Å². The van der Waals surface area contributed by atoms with Gasteiger partial charge in [-0.3, -0.25) is 19.3 Å². The summed E-state index contributed by atoms with van der Waals surface area (Å²) in [6, 6.07) is -0.719. The Morgan fingerprint density at radius 1 is 1.24 bits per heavy atom. The predicted octanol–water partition coefficient (Wildman–Crippen LogP) is -1.27. The van der Waals surface area contributed by atoms with Crippen LogP contribution in [0.15, 0.2) is 12.2 Å². The monoisotopic (exact) mass is 237 g/mol. The quantitative estimate of drug-likeness (QED) is 0.608. The largest absolute Gasteiger partial charge is 0.338 e. The average molecular weight is 237 g/mol. The summed E-state index contributed by atoms with van der Waals surface area (Å²) in [6.07, 6.45) is 2.40. The molecule has 1 N–H and O–H groups in total. The molecule has 1 atom stereocenters. The number of imide groups is 1. The summed E-state index contributed by atoms with van der Waals surface area (Å²) in [5, 5.41) is 3.14. The van der Waals surface area contributed by atoms with E-state index in [0.29, 0.717) is 13.1 Å². The molecule has 0 aromatic heterocycles. The van der Waals surface area contributed by atoms with Gasteiger partial charge in [-0.15, -0.1) is 0 Å². The van der Waals surface area contributed by atoms with Crippen molar-refractivity contribution in [3.05, 3.63) is 12.2 Å². The number of piperazine rings is 1. The lowest BCUT2D eigenvalue weighted by molar-refractivity contribution is -0.149. The van der Waals surface area contributed by atoms with Crippen LogP contribution in [-0.2, 0) is 14.4 Å². The first kappa shape index (κ1) is 11.8. The van der Waals surface area contributed by atoms with E-state index in [4.69, 9.17) is 0 Å². The van der Waals surface area contributed by atoms with E-state index in [1.54, 1.807) is 11.8 Å². The van der Waals surface area contributed by atoms with E-state index in [2.05, 4.69) is 5.32 Å². The minimum atomic E-state index is -0.719. The van der Waals surface area contributed by atoms with Crippen molar-refractivity contribution in [1.82, 2.24) is 15.1 Å². The first-order valence-electron chi connectivity index (χ1n) is 5.66. The van der Waals surface area contributed by atoms with E-state index in [1.165, 1.54) is 12.2 Å². The second kappa shape index (κ2) is 4.67. The molecule has 2 rings (SSSR count). The van der Waals surface area contributed by atoms with Crippen molar-refractivity contribution in [3.8, 4) is 0 Å². The van der Waals surface area contributed by atoms with Crippen LogP contribution < -0.4 is 5.32 Å². The Labute approximate surface area is 99.2 Å². The molecule has 6 nitrogen and oxygen atoms in total. The fourth-order valence-corrected chi connectivity index (χ4v) is 2.05. The molecule has 2 aliphatic rings. The highest BCUT2D eigenvalue weighted by molar-refractivity contribution is 6.15. The fourth-order valence-electron chi connectivity index (χ4n) is 2.05. The Morgan fingerprint density at radius 2 is 1.76 bits per heavy atom. The summed E-state index contributed by atoms with van der Waals surface area (Å²) in [5.41, 5.74) is 0. The van der Waals surface area contributed by atoms with Gasteiger partial charge in [0.15, 0.2) is 0 Å². The normalized spacial score (nSPS) is 22.2. The SMILES string of the molecule is CC(C(=O)N1CCNCC1)N1C(=O)C=CC1=O. The molecule has 92 valence electrons. The lowest BCUT2D eigenvalue weighted by atomic mass is 10.2. The molecule has 0 aliphatic carbocycles. The number of nitrogens with one attached hydrogen (secondary N) is 1. The fraction of sp³-hybridized carbons (Fsp3) is 0.545. The number of carbonyl (C=O) groups excluding carboxylic acids is 3. The van der Waals surface area contributed by atoms with Gasteiger partial charge in [0.05, 0.1) is 0 Å². The van der Waals surface area contributed by atoms with Crippen LogP contribution >= 0.6 is 0 Å². The Balaban J connectivity index is 2.04. The lowest BCUT2D eigenvalue weighted by Crippen LogP contribution is -2.54. The zero-order valence-electron chi connectivity index (χ0n) is 9.68. The Morgan fingerprint density at radius 3 is 2.29 bits per heavy atom. The minimum Gasteiger partial charge on any atom is -0.338 e. The zero-order valence-corrected chi connectivity index (χ0v) is 9.68. The Bertz CT molecular complexity index is 367. The van der Waals surface area contributed by atoms with E-state index < -0.39 is 17.9 Å². The van der Waals surface area contributed by atoms with Gasteiger partial charge in [0.2, 0.25) is 5.91 Å². The van der Waals surface area contributed by atoms with Crippen LogP contribution in [-0.4, -0.2) is 59.7 Å². The van der Waals surface area contributed by atoms with Crippen LogP contribution in [0.5, 0.6) is 0 Å². The molecule has 2 heterocycles. The third-order valence-corrected chi connectivity index (χ3v) is 3.02. The molecule has 0 aromatic carbocycles. The molecule has 1 saturated heterocycles. The molecule has 6 heteroatoms. The van der Waals surface area contributed by atoms with Gasteiger partial charge >= 0.3 is 0 Å². The van der Waals surface area contributed by atoms with Crippen LogP contribution in [0.1, 0.15) is 6.92 Å². The summed E-state index contributed by atoms with van der Waals surface area (Å²) in [5.74, 6) is -0.992. The molecule has 17 heavy (non-hydrogen) atoms. The number of carbonyl (C=O) groups is 3. The third-order valence-electron chi connectivity index (χ3n) is 3.02. The highest BCUT2D eigenvalue weighted by atomic mass is 16.2. The second-order valence-corrected chi connectivity index (χ2v) is 4.13. The summed E-state index contributed by atoms with van der Waals surface area (Å²) < 4.78 is 0. The second-order valence-electron chi connectivity index (χ2n) is 4.13. The first-order chi connectivity index (χ1) is 8.11. The van der Waals surface area contributed by atoms with Crippen molar-refractivity contribution < 1.29 is 14.4 Å². The smallest absolute Gasteiger partial charge is 0.254 e. The molecular formula is C11H15N3O3. The molecule has 0 bridgehead atoms. The number of hydrogen-bond acceptors (Lipinski definition) is 4. The molecule has 1 unspecified atom stereocenters. The Kier molecular flexibility index (Phi) is 3.23. The van der Waals surface area contributed by atoms with Crippen molar-refractivity contribution in [1.29, 1.82) is 0 Å². The van der Waals surface area contributed by atoms with Crippen molar-refractivity contribution in [2.75, 3.05) is 26.2 Å². The predicted molar refractivity (Wildman–Crippen MR) is 59.9 cm³/mol. The van der Waals surface area contributed by atoms with Gasteiger partial charge < -0.3 is 10.2 Å². The van der Waals surface area contributed by atoms with Gasteiger partial charge in [0.25, 0.3) is 11.8 Å². The van der Waals surface area contributed by atoms with Crippen molar-refractivity contribution in [3.63, 3.8) is 0 Å². The summed E-state index contributed by atoms with van der Waals surface area (Å²) >= 11 is 0. The first-order valence-corrected chi connectivity index (χ1v) is 5.66. The maximum Gasteiger partial charge on any atom is 0.254 e. The number of amides is 3. The molecule has 2 aliphatic heterocycles. The summed E-state index contributed by atoms with van der Waals surface area (Å²) in [4.78, 5) is 37.7. The van der Waals surface area contributed by atoms with Crippen LogP contribution in [0.4, 0.5) is 0 Å². The van der Waals surface area contributed by atoms with Crippen molar-refractivity contribution in [2.45, 2.75) is 13.0 Å². The van der Waals surface area contributed by atoms with Gasteiger partial charge in [0.1, 0.15) is 6.04 Å².